The summed E-state index contributed by atoms with van der Waals surface area (Å²) < 4.78 is 13.6. The Kier molecular flexibility index (Phi) is 6.02. The Balaban J connectivity index is 0.00000161. The molecule has 1 saturated heterocycles. The van der Waals surface area contributed by atoms with Crippen LogP contribution in [-0.2, 0) is 0 Å². The van der Waals surface area contributed by atoms with Gasteiger partial charge >= 0.3 is 0 Å². The molecule has 0 aliphatic carbocycles. The molecule has 3 rings (SSSR count). The zero-order chi connectivity index (χ0) is 13.9. The van der Waals surface area contributed by atoms with Crippen LogP contribution in [-0.4, -0.2) is 31.1 Å². The van der Waals surface area contributed by atoms with Gasteiger partial charge in [0, 0.05) is 31.2 Å². The number of hydrogen-bond donors (Lipinski definition) is 1. The fraction of sp³-hybridized carbons (Fsp3) is 0.333. The molecule has 1 aliphatic rings. The van der Waals surface area contributed by atoms with Gasteiger partial charge in [0.1, 0.15) is 5.82 Å². The number of piperazine rings is 1. The van der Waals surface area contributed by atoms with Gasteiger partial charge in [-0.2, -0.15) is 11.3 Å². The van der Waals surface area contributed by atoms with Crippen LogP contribution in [0.4, 0.5) is 4.39 Å². The standard InChI is InChI=1S/C15H16ClFN2S.ClH/c16-14-2-1-12(17)9-13(14)15(11-3-8-20-10-11)19-6-4-18-5-7-19;/h1-3,8-10,15,18H,4-7H2;1H/t15-;/m1./s1. The van der Waals surface area contributed by atoms with Gasteiger partial charge in [0.2, 0.25) is 0 Å². The Morgan fingerprint density at radius 3 is 2.67 bits per heavy atom. The summed E-state index contributed by atoms with van der Waals surface area (Å²) in [6.45, 7) is 3.78. The lowest BCUT2D eigenvalue weighted by Crippen LogP contribution is -2.45. The van der Waals surface area contributed by atoms with Crippen LogP contribution in [0.3, 0.4) is 0 Å². The third kappa shape index (κ3) is 3.76. The lowest BCUT2D eigenvalue weighted by Gasteiger charge is -2.35. The Morgan fingerprint density at radius 1 is 1.24 bits per heavy atom. The number of hydrogen-bond acceptors (Lipinski definition) is 3. The van der Waals surface area contributed by atoms with E-state index in [2.05, 4.69) is 27.0 Å². The van der Waals surface area contributed by atoms with Gasteiger partial charge in [0.15, 0.2) is 0 Å². The average Bonchev–Trinajstić information content (AvgIpc) is 2.98. The Labute approximate surface area is 139 Å². The first-order valence-electron chi connectivity index (χ1n) is 6.67. The van der Waals surface area contributed by atoms with Crippen molar-refractivity contribution in [3.05, 3.63) is 57.0 Å². The van der Waals surface area contributed by atoms with Crippen LogP contribution >= 0.6 is 35.3 Å². The van der Waals surface area contributed by atoms with Gasteiger partial charge in [-0.05, 0) is 46.2 Å². The van der Waals surface area contributed by atoms with Crippen molar-refractivity contribution in [1.82, 2.24) is 10.2 Å². The number of benzene rings is 1. The van der Waals surface area contributed by atoms with Crippen molar-refractivity contribution in [2.45, 2.75) is 6.04 Å². The first-order valence-corrected chi connectivity index (χ1v) is 7.99. The van der Waals surface area contributed by atoms with Gasteiger partial charge in [0.25, 0.3) is 0 Å². The predicted octanol–water partition coefficient (Wildman–Crippen LogP) is 3.96. The quantitative estimate of drug-likeness (QED) is 0.904. The molecule has 21 heavy (non-hydrogen) atoms. The van der Waals surface area contributed by atoms with Crippen molar-refractivity contribution in [1.29, 1.82) is 0 Å². The van der Waals surface area contributed by atoms with E-state index in [-0.39, 0.29) is 24.3 Å². The van der Waals surface area contributed by atoms with E-state index in [1.807, 2.05) is 0 Å². The van der Waals surface area contributed by atoms with Crippen LogP contribution in [0.2, 0.25) is 5.02 Å². The van der Waals surface area contributed by atoms with Crippen molar-refractivity contribution in [3.63, 3.8) is 0 Å². The summed E-state index contributed by atoms with van der Waals surface area (Å²) in [7, 11) is 0. The molecule has 0 radical (unpaired) electrons. The summed E-state index contributed by atoms with van der Waals surface area (Å²) in [5, 5.41) is 8.14. The maximum absolute atomic E-state index is 13.6. The molecule has 2 aromatic rings. The molecule has 0 saturated carbocycles. The number of nitrogens with one attached hydrogen (secondary N) is 1. The Hall–Kier alpha value is -0.650. The average molecular weight is 347 g/mol. The first-order chi connectivity index (χ1) is 9.75. The summed E-state index contributed by atoms with van der Waals surface area (Å²) in [6.07, 6.45) is 0. The maximum atomic E-state index is 13.6. The largest absolute Gasteiger partial charge is 0.314 e. The van der Waals surface area contributed by atoms with E-state index in [4.69, 9.17) is 11.6 Å². The first kappa shape index (κ1) is 16.7. The minimum atomic E-state index is -0.236. The van der Waals surface area contributed by atoms with E-state index in [0.717, 1.165) is 31.7 Å². The van der Waals surface area contributed by atoms with Gasteiger partial charge in [-0.25, -0.2) is 4.39 Å². The smallest absolute Gasteiger partial charge is 0.123 e. The zero-order valence-corrected chi connectivity index (χ0v) is 13.8. The molecule has 114 valence electrons. The molecular weight excluding hydrogens is 330 g/mol. The topological polar surface area (TPSA) is 15.3 Å². The van der Waals surface area contributed by atoms with Crippen LogP contribution in [0.25, 0.3) is 0 Å². The molecule has 2 nitrogen and oxygen atoms in total. The van der Waals surface area contributed by atoms with E-state index in [9.17, 15) is 4.39 Å². The third-order valence-corrected chi connectivity index (χ3v) is 4.67. The highest BCUT2D eigenvalue weighted by Crippen LogP contribution is 2.34. The van der Waals surface area contributed by atoms with Crippen LogP contribution in [0.1, 0.15) is 17.2 Å². The molecule has 0 unspecified atom stereocenters. The van der Waals surface area contributed by atoms with Crippen molar-refractivity contribution in [2.24, 2.45) is 0 Å². The summed E-state index contributed by atoms with van der Waals surface area (Å²) in [6, 6.07) is 6.75. The van der Waals surface area contributed by atoms with E-state index >= 15 is 0 Å². The normalized spacial score (nSPS) is 17.2. The second-order valence-corrected chi connectivity index (χ2v) is 6.10. The molecule has 1 fully saturated rings. The molecular formula is C15H17Cl2FN2S. The van der Waals surface area contributed by atoms with Crippen molar-refractivity contribution >= 4 is 35.3 Å². The van der Waals surface area contributed by atoms with Crippen molar-refractivity contribution in [2.75, 3.05) is 26.2 Å². The van der Waals surface area contributed by atoms with E-state index < -0.39 is 0 Å². The third-order valence-electron chi connectivity index (χ3n) is 3.63. The fourth-order valence-electron chi connectivity index (χ4n) is 2.68. The molecule has 0 amide bonds. The second-order valence-electron chi connectivity index (χ2n) is 4.91. The minimum absolute atomic E-state index is 0. The predicted molar refractivity (Wildman–Crippen MR) is 89.3 cm³/mol. The number of thiophene rings is 1. The van der Waals surface area contributed by atoms with Gasteiger partial charge in [-0.3, -0.25) is 4.90 Å². The van der Waals surface area contributed by atoms with E-state index in [1.165, 1.54) is 11.6 Å². The van der Waals surface area contributed by atoms with Gasteiger partial charge in [-0.15, -0.1) is 12.4 Å². The highest BCUT2D eigenvalue weighted by Gasteiger charge is 2.26. The summed E-state index contributed by atoms with van der Waals surface area (Å²) >= 11 is 7.98. The fourth-order valence-corrected chi connectivity index (χ4v) is 3.58. The van der Waals surface area contributed by atoms with Crippen LogP contribution < -0.4 is 5.32 Å². The van der Waals surface area contributed by atoms with Crippen LogP contribution in [0.15, 0.2) is 35.0 Å². The lowest BCUT2D eigenvalue weighted by atomic mass is 9.98. The van der Waals surface area contributed by atoms with Crippen LogP contribution in [0.5, 0.6) is 0 Å². The lowest BCUT2D eigenvalue weighted by molar-refractivity contribution is 0.198. The second kappa shape index (κ2) is 7.56. The molecule has 6 heteroatoms. The SMILES string of the molecule is Cl.Fc1ccc(Cl)c([C@@H](c2ccsc2)N2CCNCC2)c1. The molecule has 0 bridgehead atoms. The Morgan fingerprint density at radius 2 is 2.00 bits per heavy atom. The highest BCUT2D eigenvalue weighted by molar-refractivity contribution is 7.08. The van der Waals surface area contributed by atoms with Gasteiger partial charge in [0.05, 0.1) is 6.04 Å². The van der Waals surface area contributed by atoms with Crippen molar-refractivity contribution in [3.8, 4) is 0 Å². The number of nitrogens with zero attached hydrogens (tertiary/aromatic N) is 1. The summed E-state index contributed by atoms with van der Waals surface area (Å²) in [5.74, 6) is -0.236. The Bertz CT molecular complexity index is 571. The molecule has 1 aliphatic heterocycles. The minimum Gasteiger partial charge on any atom is -0.314 e. The monoisotopic (exact) mass is 346 g/mol. The molecule has 0 spiro atoms. The zero-order valence-electron chi connectivity index (χ0n) is 11.4. The van der Waals surface area contributed by atoms with E-state index in [1.54, 1.807) is 23.5 Å². The molecule has 1 N–H and O–H groups in total. The van der Waals surface area contributed by atoms with Gasteiger partial charge in [-0.1, -0.05) is 11.6 Å². The summed E-state index contributed by atoms with van der Waals surface area (Å²) in [5.41, 5.74) is 2.04. The molecule has 1 aromatic heterocycles. The molecule has 2 heterocycles. The number of rotatable bonds is 3. The molecule has 1 atom stereocenters. The maximum Gasteiger partial charge on any atom is 0.123 e. The summed E-state index contributed by atoms with van der Waals surface area (Å²) in [4.78, 5) is 2.36. The van der Waals surface area contributed by atoms with Crippen molar-refractivity contribution < 1.29 is 4.39 Å². The van der Waals surface area contributed by atoms with E-state index in [0.29, 0.717) is 5.02 Å². The van der Waals surface area contributed by atoms with Gasteiger partial charge < -0.3 is 5.32 Å². The number of halogens is 3. The highest BCUT2D eigenvalue weighted by atomic mass is 35.5. The van der Waals surface area contributed by atoms with Crippen LogP contribution in [0, 0.1) is 5.82 Å². The molecule has 1 aromatic carbocycles.